The van der Waals surface area contributed by atoms with E-state index in [1.54, 1.807) is 0 Å². The number of fused-ring (bicyclic) bond motifs is 2. The van der Waals surface area contributed by atoms with Crippen LogP contribution in [-0.4, -0.2) is 30.2 Å². The number of piperidine rings is 1. The molecule has 1 nitrogen and oxygen atoms in total. The van der Waals surface area contributed by atoms with Crippen molar-refractivity contribution in [2.24, 2.45) is 5.92 Å². The molecule has 3 atom stereocenters. The van der Waals surface area contributed by atoms with Crippen LogP contribution in [0.4, 0.5) is 0 Å². The van der Waals surface area contributed by atoms with Gasteiger partial charge >= 0.3 is 0 Å². The van der Waals surface area contributed by atoms with Gasteiger partial charge in [0.15, 0.2) is 0 Å². The largest absolute Gasteiger partial charge is 0.321 e. The van der Waals surface area contributed by atoms with Crippen molar-refractivity contribution in [2.45, 2.75) is 52.6 Å². The second-order valence-electron chi connectivity index (χ2n) is 4.96. The van der Waals surface area contributed by atoms with Gasteiger partial charge in [0, 0.05) is 12.3 Å². The topological polar surface area (TPSA) is 0 Å². The highest BCUT2D eigenvalue weighted by molar-refractivity contribution is 4.84. The Balaban J connectivity index is 0.000000720. The number of quaternary nitrogens is 1. The molecule has 2 fully saturated rings. The van der Waals surface area contributed by atoms with Crippen LogP contribution in [0.25, 0.3) is 0 Å². The molecule has 2 bridgehead atoms. The van der Waals surface area contributed by atoms with Gasteiger partial charge in [0.2, 0.25) is 0 Å². The highest BCUT2D eigenvalue weighted by atomic mass is 15.4. The quantitative estimate of drug-likeness (QED) is 0.531. The third kappa shape index (κ3) is 1.19. The van der Waals surface area contributed by atoms with Gasteiger partial charge in [-0.3, -0.25) is 0 Å². The number of hydrogen-bond donors (Lipinski definition) is 0. The standard InChI is InChI=1S/C10H20N.CH4/c1-8(2)11(3)7-9-4-5-10(11)6-9;/h8-10H,4-7H2,1-3H3;1H4/q+1;. The van der Waals surface area contributed by atoms with Crippen molar-refractivity contribution < 1.29 is 4.48 Å². The van der Waals surface area contributed by atoms with Crippen LogP contribution < -0.4 is 0 Å². The number of rotatable bonds is 1. The first-order chi connectivity index (χ1) is 5.13. The molecule has 1 aliphatic heterocycles. The van der Waals surface area contributed by atoms with Crippen molar-refractivity contribution in [1.29, 1.82) is 0 Å². The van der Waals surface area contributed by atoms with Gasteiger partial charge in [0.05, 0.1) is 25.7 Å². The fourth-order valence-electron chi connectivity index (χ4n) is 3.09. The van der Waals surface area contributed by atoms with E-state index < -0.39 is 0 Å². The molecular formula is C11H24N+. The molecule has 1 saturated heterocycles. The zero-order chi connectivity index (χ0) is 8.06. The lowest BCUT2D eigenvalue weighted by molar-refractivity contribution is -0.945. The van der Waals surface area contributed by atoms with E-state index in [1.807, 2.05) is 0 Å². The van der Waals surface area contributed by atoms with Gasteiger partial charge < -0.3 is 4.48 Å². The van der Waals surface area contributed by atoms with E-state index in [4.69, 9.17) is 0 Å². The summed E-state index contributed by atoms with van der Waals surface area (Å²) >= 11 is 0. The SMILES string of the molecule is C.CC(C)[N+]1(C)CC2CCC1C2. The van der Waals surface area contributed by atoms with E-state index >= 15 is 0 Å². The average Bonchev–Trinajstić information content (AvgIpc) is 2.45. The lowest BCUT2D eigenvalue weighted by Gasteiger charge is -2.42. The molecule has 12 heavy (non-hydrogen) atoms. The Hall–Kier alpha value is -0.0400. The van der Waals surface area contributed by atoms with Crippen LogP contribution in [0.3, 0.4) is 0 Å². The molecule has 1 heteroatoms. The maximum atomic E-state index is 2.45. The molecule has 1 saturated carbocycles. The summed E-state index contributed by atoms with van der Waals surface area (Å²) in [7, 11) is 2.45. The highest BCUT2D eigenvalue weighted by Crippen LogP contribution is 2.43. The van der Waals surface area contributed by atoms with Gasteiger partial charge in [0.1, 0.15) is 0 Å². The molecule has 0 aromatic carbocycles. The van der Waals surface area contributed by atoms with Crippen molar-refractivity contribution in [2.75, 3.05) is 13.6 Å². The van der Waals surface area contributed by atoms with E-state index in [0.29, 0.717) is 0 Å². The van der Waals surface area contributed by atoms with E-state index in [2.05, 4.69) is 20.9 Å². The van der Waals surface area contributed by atoms with Crippen molar-refractivity contribution in [3.8, 4) is 0 Å². The van der Waals surface area contributed by atoms with Crippen molar-refractivity contribution in [3.05, 3.63) is 0 Å². The Labute approximate surface area is 77.4 Å². The smallest absolute Gasteiger partial charge is 0.0895 e. The minimum atomic E-state index is 0. The van der Waals surface area contributed by atoms with Gasteiger partial charge in [-0.2, -0.15) is 0 Å². The maximum absolute atomic E-state index is 2.45. The van der Waals surface area contributed by atoms with Crippen LogP contribution in [0.2, 0.25) is 0 Å². The highest BCUT2D eigenvalue weighted by Gasteiger charge is 2.49. The van der Waals surface area contributed by atoms with Gasteiger partial charge in [-0.1, -0.05) is 7.43 Å². The van der Waals surface area contributed by atoms with Crippen LogP contribution in [0, 0.1) is 5.92 Å². The Morgan fingerprint density at radius 3 is 2.17 bits per heavy atom. The van der Waals surface area contributed by atoms with Crippen molar-refractivity contribution >= 4 is 0 Å². The summed E-state index contributed by atoms with van der Waals surface area (Å²) in [5.74, 6) is 1.08. The fourth-order valence-corrected chi connectivity index (χ4v) is 3.09. The first kappa shape index (κ1) is 10.0. The molecule has 1 aliphatic carbocycles. The van der Waals surface area contributed by atoms with Crippen molar-refractivity contribution in [1.82, 2.24) is 0 Å². The molecule has 2 rings (SSSR count). The number of likely N-dealkylation sites (tertiary alicyclic amines) is 1. The predicted octanol–water partition coefficient (Wildman–Crippen LogP) is 2.66. The summed E-state index contributed by atoms with van der Waals surface area (Å²) in [6.45, 7) is 6.21. The summed E-state index contributed by atoms with van der Waals surface area (Å²) in [6, 6.07) is 1.85. The Bertz CT molecular complexity index is 164. The van der Waals surface area contributed by atoms with E-state index in [-0.39, 0.29) is 7.43 Å². The summed E-state index contributed by atoms with van der Waals surface area (Å²) in [4.78, 5) is 0. The molecule has 0 spiro atoms. The average molecular weight is 170 g/mol. The second kappa shape index (κ2) is 3.02. The molecule has 0 N–H and O–H groups in total. The molecule has 0 aromatic rings. The van der Waals surface area contributed by atoms with Gasteiger partial charge in [-0.15, -0.1) is 0 Å². The molecule has 0 amide bonds. The Morgan fingerprint density at radius 2 is 1.92 bits per heavy atom. The summed E-state index contributed by atoms with van der Waals surface area (Å²) < 4.78 is 1.37. The lowest BCUT2D eigenvalue weighted by Crippen LogP contribution is -2.54. The summed E-state index contributed by atoms with van der Waals surface area (Å²) in [6.07, 6.45) is 4.54. The van der Waals surface area contributed by atoms with E-state index in [9.17, 15) is 0 Å². The minimum absolute atomic E-state index is 0. The summed E-state index contributed by atoms with van der Waals surface area (Å²) in [5.41, 5.74) is 0. The third-order valence-electron chi connectivity index (χ3n) is 4.18. The molecule has 3 unspecified atom stereocenters. The van der Waals surface area contributed by atoms with Crippen LogP contribution in [-0.2, 0) is 0 Å². The van der Waals surface area contributed by atoms with Crippen molar-refractivity contribution in [3.63, 3.8) is 0 Å². The molecule has 72 valence electrons. The maximum Gasteiger partial charge on any atom is 0.0895 e. The monoisotopic (exact) mass is 170 g/mol. The summed E-state index contributed by atoms with van der Waals surface area (Å²) in [5, 5.41) is 0. The van der Waals surface area contributed by atoms with Crippen LogP contribution in [0.15, 0.2) is 0 Å². The van der Waals surface area contributed by atoms with Crippen LogP contribution in [0.5, 0.6) is 0 Å². The Morgan fingerprint density at radius 1 is 1.25 bits per heavy atom. The third-order valence-corrected chi connectivity index (χ3v) is 4.18. The molecule has 0 radical (unpaired) electrons. The normalized spacial score (nSPS) is 45.0. The van der Waals surface area contributed by atoms with Crippen LogP contribution >= 0.6 is 0 Å². The molecule has 1 heterocycles. The molecule has 0 aromatic heterocycles. The number of hydrogen-bond acceptors (Lipinski definition) is 0. The van der Waals surface area contributed by atoms with E-state index in [1.165, 1.54) is 30.3 Å². The van der Waals surface area contributed by atoms with Gasteiger partial charge in [0.25, 0.3) is 0 Å². The first-order valence-electron chi connectivity index (χ1n) is 4.98. The zero-order valence-electron chi connectivity index (χ0n) is 8.01. The lowest BCUT2D eigenvalue weighted by atomic mass is 10.1. The first-order valence-corrected chi connectivity index (χ1v) is 4.98. The number of nitrogens with zero attached hydrogens (tertiary/aromatic N) is 1. The minimum Gasteiger partial charge on any atom is -0.321 e. The Kier molecular flexibility index (Phi) is 2.53. The molecular weight excluding hydrogens is 146 g/mol. The van der Waals surface area contributed by atoms with Gasteiger partial charge in [-0.25, -0.2) is 0 Å². The second-order valence-corrected chi connectivity index (χ2v) is 4.96. The van der Waals surface area contributed by atoms with E-state index in [0.717, 1.165) is 18.0 Å². The predicted molar refractivity (Wildman–Crippen MR) is 54.0 cm³/mol. The fraction of sp³-hybridized carbons (Fsp3) is 1.00. The molecule has 2 aliphatic rings. The van der Waals surface area contributed by atoms with Crippen LogP contribution in [0.1, 0.15) is 40.5 Å². The van der Waals surface area contributed by atoms with Gasteiger partial charge in [-0.05, 0) is 26.7 Å². The zero-order valence-corrected chi connectivity index (χ0v) is 8.01.